The Hall–Kier alpha value is -2.95. The highest BCUT2D eigenvalue weighted by Crippen LogP contribution is 2.19. The molecule has 1 heterocycles. The van der Waals surface area contributed by atoms with Crippen molar-refractivity contribution in [2.24, 2.45) is 5.10 Å². The van der Waals surface area contributed by atoms with Crippen molar-refractivity contribution >= 4 is 28.5 Å². The number of hydrazone groups is 1. The summed E-state index contributed by atoms with van der Waals surface area (Å²) in [6, 6.07) is 16.1. The van der Waals surface area contributed by atoms with E-state index in [1.165, 1.54) is 0 Å². The van der Waals surface area contributed by atoms with Gasteiger partial charge in [-0.15, -0.1) is 5.10 Å². The molecule has 22 heavy (non-hydrogen) atoms. The van der Waals surface area contributed by atoms with Gasteiger partial charge in [-0.2, -0.15) is 10.2 Å². The molecular weight excluding hydrogens is 274 g/mol. The van der Waals surface area contributed by atoms with Gasteiger partial charge in [0.15, 0.2) is 5.82 Å². The number of hydrogen-bond donors (Lipinski definition) is 1. The van der Waals surface area contributed by atoms with Crippen LogP contribution in [0.5, 0.6) is 0 Å². The molecule has 0 unspecified atom stereocenters. The predicted octanol–water partition coefficient (Wildman–Crippen LogP) is 3.14. The van der Waals surface area contributed by atoms with Crippen molar-refractivity contribution in [3.8, 4) is 0 Å². The first-order valence-electron chi connectivity index (χ1n) is 7.01. The van der Waals surface area contributed by atoms with Crippen molar-refractivity contribution in [1.29, 1.82) is 0 Å². The number of benzene rings is 2. The molecule has 2 aromatic carbocycles. The molecule has 5 nitrogen and oxygen atoms in total. The molecule has 0 saturated heterocycles. The van der Waals surface area contributed by atoms with Gasteiger partial charge >= 0.3 is 0 Å². The number of nitrogens with zero attached hydrogens (tertiary/aromatic N) is 4. The zero-order chi connectivity index (χ0) is 15.4. The van der Waals surface area contributed by atoms with Gasteiger partial charge in [0.2, 0.25) is 0 Å². The standard InChI is InChI=1S/C17H17N5/c1-22(2)15-9-7-13(8-10-15)11-18-20-17-16-6-4-3-5-14(16)12-19-21-17/h3-12H,1-2H3,(H,20,21). The van der Waals surface area contributed by atoms with Crippen LogP contribution in [0.1, 0.15) is 5.56 Å². The van der Waals surface area contributed by atoms with Crippen LogP contribution in [0.3, 0.4) is 0 Å². The van der Waals surface area contributed by atoms with E-state index in [2.05, 4.69) is 37.8 Å². The fourth-order valence-corrected chi connectivity index (χ4v) is 2.14. The summed E-state index contributed by atoms with van der Waals surface area (Å²) in [7, 11) is 4.04. The topological polar surface area (TPSA) is 53.4 Å². The predicted molar refractivity (Wildman–Crippen MR) is 91.5 cm³/mol. The molecule has 0 aliphatic carbocycles. The van der Waals surface area contributed by atoms with Crippen LogP contribution in [0.25, 0.3) is 10.8 Å². The fourth-order valence-electron chi connectivity index (χ4n) is 2.14. The molecule has 0 spiro atoms. The van der Waals surface area contributed by atoms with E-state index in [9.17, 15) is 0 Å². The van der Waals surface area contributed by atoms with Crippen molar-refractivity contribution in [3.63, 3.8) is 0 Å². The molecule has 0 radical (unpaired) electrons. The maximum absolute atomic E-state index is 4.25. The molecule has 110 valence electrons. The summed E-state index contributed by atoms with van der Waals surface area (Å²) in [5.41, 5.74) is 5.14. The second-order valence-electron chi connectivity index (χ2n) is 5.14. The van der Waals surface area contributed by atoms with E-state index in [1.54, 1.807) is 12.4 Å². The van der Waals surface area contributed by atoms with Gasteiger partial charge in [-0.25, -0.2) is 0 Å². The van der Waals surface area contributed by atoms with Gasteiger partial charge in [0.1, 0.15) is 0 Å². The number of anilines is 2. The SMILES string of the molecule is CN(C)c1ccc(C=NNc2nncc3ccccc23)cc1. The third kappa shape index (κ3) is 3.03. The average Bonchev–Trinajstić information content (AvgIpc) is 2.55. The highest BCUT2D eigenvalue weighted by Gasteiger charge is 2.00. The molecular formula is C17H17N5. The Morgan fingerprint density at radius 3 is 2.59 bits per heavy atom. The minimum Gasteiger partial charge on any atom is -0.378 e. The number of fused-ring (bicyclic) bond motifs is 1. The second-order valence-corrected chi connectivity index (χ2v) is 5.14. The summed E-state index contributed by atoms with van der Waals surface area (Å²) in [5.74, 6) is 0.652. The Bertz CT molecular complexity index is 788. The van der Waals surface area contributed by atoms with Gasteiger partial charge in [-0.3, -0.25) is 5.43 Å². The van der Waals surface area contributed by atoms with Gasteiger partial charge < -0.3 is 4.90 Å². The molecule has 0 aliphatic heterocycles. The van der Waals surface area contributed by atoms with Crippen LogP contribution in [0, 0.1) is 0 Å². The summed E-state index contributed by atoms with van der Waals surface area (Å²) in [6.45, 7) is 0. The quantitative estimate of drug-likeness (QED) is 0.592. The van der Waals surface area contributed by atoms with Crippen molar-refractivity contribution in [2.45, 2.75) is 0 Å². The van der Waals surface area contributed by atoms with E-state index in [-0.39, 0.29) is 0 Å². The van der Waals surface area contributed by atoms with E-state index in [0.29, 0.717) is 5.82 Å². The fraction of sp³-hybridized carbons (Fsp3) is 0.118. The largest absolute Gasteiger partial charge is 0.378 e. The van der Waals surface area contributed by atoms with Crippen molar-refractivity contribution in [2.75, 3.05) is 24.4 Å². The van der Waals surface area contributed by atoms with Gasteiger partial charge in [0.25, 0.3) is 0 Å². The summed E-state index contributed by atoms with van der Waals surface area (Å²) in [4.78, 5) is 2.06. The van der Waals surface area contributed by atoms with E-state index >= 15 is 0 Å². The summed E-state index contributed by atoms with van der Waals surface area (Å²) in [6.07, 6.45) is 3.51. The third-order valence-electron chi connectivity index (χ3n) is 3.36. The van der Waals surface area contributed by atoms with E-state index in [0.717, 1.165) is 22.0 Å². The van der Waals surface area contributed by atoms with E-state index in [1.807, 2.05) is 50.5 Å². The Morgan fingerprint density at radius 2 is 1.82 bits per heavy atom. The zero-order valence-corrected chi connectivity index (χ0v) is 12.6. The first-order valence-corrected chi connectivity index (χ1v) is 7.01. The average molecular weight is 291 g/mol. The first kappa shape index (κ1) is 14.0. The van der Waals surface area contributed by atoms with Crippen LogP contribution in [0.4, 0.5) is 11.5 Å². The Labute approximate surface area is 129 Å². The normalized spacial score (nSPS) is 11.0. The zero-order valence-electron chi connectivity index (χ0n) is 12.6. The summed E-state index contributed by atoms with van der Waals surface area (Å²) in [5, 5.41) is 14.3. The highest BCUT2D eigenvalue weighted by atomic mass is 15.3. The maximum Gasteiger partial charge on any atom is 0.176 e. The molecule has 0 bridgehead atoms. The van der Waals surface area contributed by atoms with Gasteiger partial charge in [-0.1, -0.05) is 36.4 Å². The van der Waals surface area contributed by atoms with Gasteiger partial charge in [0.05, 0.1) is 12.4 Å². The van der Waals surface area contributed by atoms with Crippen LogP contribution < -0.4 is 10.3 Å². The lowest BCUT2D eigenvalue weighted by molar-refractivity contribution is 1.04. The molecule has 0 aliphatic rings. The van der Waals surface area contributed by atoms with Crippen molar-refractivity contribution in [3.05, 3.63) is 60.3 Å². The first-order chi connectivity index (χ1) is 10.7. The van der Waals surface area contributed by atoms with Crippen LogP contribution >= 0.6 is 0 Å². The van der Waals surface area contributed by atoms with Crippen LogP contribution in [0.15, 0.2) is 59.8 Å². The molecule has 3 rings (SSSR count). The molecule has 3 aromatic rings. The van der Waals surface area contributed by atoms with Crippen molar-refractivity contribution < 1.29 is 0 Å². The monoisotopic (exact) mass is 291 g/mol. The minimum atomic E-state index is 0.652. The molecule has 0 amide bonds. The number of hydrogen-bond acceptors (Lipinski definition) is 5. The van der Waals surface area contributed by atoms with E-state index in [4.69, 9.17) is 0 Å². The summed E-state index contributed by atoms with van der Waals surface area (Å²) >= 11 is 0. The lowest BCUT2D eigenvalue weighted by atomic mass is 10.2. The lowest BCUT2D eigenvalue weighted by Crippen LogP contribution is -2.08. The molecule has 0 saturated carbocycles. The maximum atomic E-state index is 4.25. The summed E-state index contributed by atoms with van der Waals surface area (Å²) < 4.78 is 0. The van der Waals surface area contributed by atoms with Crippen molar-refractivity contribution in [1.82, 2.24) is 10.2 Å². The molecule has 0 fully saturated rings. The number of aromatic nitrogens is 2. The van der Waals surface area contributed by atoms with E-state index < -0.39 is 0 Å². The minimum absolute atomic E-state index is 0.652. The molecule has 5 heteroatoms. The molecule has 1 aromatic heterocycles. The van der Waals surface area contributed by atoms with Gasteiger partial charge in [-0.05, 0) is 17.7 Å². The Kier molecular flexibility index (Phi) is 3.96. The lowest BCUT2D eigenvalue weighted by Gasteiger charge is -2.11. The number of nitrogens with one attached hydrogen (secondary N) is 1. The van der Waals surface area contributed by atoms with Crippen LogP contribution in [-0.4, -0.2) is 30.5 Å². The van der Waals surface area contributed by atoms with Crippen LogP contribution in [-0.2, 0) is 0 Å². The Balaban J connectivity index is 1.76. The highest BCUT2D eigenvalue weighted by molar-refractivity contribution is 5.91. The smallest absolute Gasteiger partial charge is 0.176 e. The molecule has 1 N–H and O–H groups in total. The Morgan fingerprint density at radius 1 is 1.05 bits per heavy atom. The van der Waals surface area contributed by atoms with Crippen LogP contribution in [0.2, 0.25) is 0 Å². The second kappa shape index (κ2) is 6.22. The number of rotatable bonds is 4. The van der Waals surface area contributed by atoms with Gasteiger partial charge in [0, 0.05) is 30.6 Å². The third-order valence-corrected chi connectivity index (χ3v) is 3.36. The molecule has 0 atom stereocenters.